The third-order valence-corrected chi connectivity index (χ3v) is 1.93. The van der Waals surface area contributed by atoms with E-state index >= 15 is 0 Å². The van der Waals surface area contributed by atoms with Gasteiger partial charge in [-0.1, -0.05) is 31.6 Å². The summed E-state index contributed by atoms with van der Waals surface area (Å²) in [4.78, 5) is 0. The number of rotatable bonds is 2. The molecule has 0 aliphatic heterocycles. The number of allylic oxidation sites excluding steroid dienone is 4. The zero-order chi connectivity index (χ0) is 6.69. The summed E-state index contributed by atoms with van der Waals surface area (Å²) in [5, 5.41) is 0. The van der Waals surface area contributed by atoms with Crippen molar-refractivity contribution in [3.05, 3.63) is 23.8 Å². The molecule has 0 nitrogen and oxygen atoms in total. The monoisotopic (exact) mass is 121 g/mol. The smallest absolute Gasteiger partial charge is 0.0124 e. The van der Waals surface area contributed by atoms with E-state index < -0.39 is 0 Å². The second kappa shape index (κ2) is 2.86. The lowest BCUT2D eigenvalue weighted by Gasteiger charge is -2.07. The van der Waals surface area contributed by atoms with Crippen molar-refractivity contribution in [3.63, 3.8) is 0 Å². The summed E-state index contributed by atoms with van der Waals surface area (Å²) in [7, 11) is 0. The minimum absolute atomic E-state index is 0.736. The predicted octanol–water partition coefficient (Wildman–Crippen LogP) is 2.72. The first-order valence-corrected chi connectivity index (χ1v) is 3.62. The van der Waals surface area contributed by atoms with Crippen molar-refractivity contribution in [2.24, 2.45) is 5.92 Å². The lowest BCUT2D eigenvalue weighted by atomic mass is 9.98. The minimum atomic E-state index is 0.736. The Bertz CT molecular complexity index is 140. The van der Waals surface area contributed by atoms with E-state index in [4.69, 9.17) is 0 Å². The molecule has 0 aromatic carbocycles. The molecule has 0 amide bonds. The maximum Gasteiger partial charge on any atom is -0.0124 e. The van der Waals surface area contributed by atoms with E-state index in [1.54, 1.807) is 0 Å². The summed E-state index contributed by atoms with van der Waals surface area (Å²) in [6, 6.07) is 0. The molecule has 0 spiro atoms. The van der Waals surface area contributed by atoms with Crippen LogP contribution in [0.15, 0.2) is 17.7 Å². The Hall–Kier alpha value is -0.520. The Labute approximate surface area is 57.3 Å². The van der Waals surface area contributed by atoms with Gasteiger partial charge in [-0.2, -0.15) is 0 Å². The van der Waals surface area contributed by atoms with Crippen molar-refractivity contribution in [1.82, 2.24) is 0 Å². The molecule has 1 atom stereocenters. The molecule has 0 aromatic heterocycles. The highest BCUT2D eigenvalue weighted by Gasteiger charge is 2.06. The average Bonchev–Trinajstić information content (AvgIpc) is 2.37. The summed E-state index contributed by atoms with van der Waals surface area (Å²) in [6.07, 6.45) is 9.81. The molecule has 0 N–H and O–H groups in total. The molecule has 1 aliphatic rings. The zero-order valence-electron chi connectivity index (χ0n) is 6.15. The van der Waals surface area contributed by atoms with Crippen LogP contribution in [-0.2, 0) is 0 Å². The Morgan fingerprint density at radius 3 is 3.00 bits per heavy atom. The molecule has 9 heavy (non-hydrogen) atoms. The molecular weight excluding hydrogens is 108 g/mol. The third kappa shape index (κ3) is 1.44. The van der Waals surface area contributed by atoms with Crippen molar-refractivity contribution in [2.75, 3.05) is 0 Å². The summed E-state index contributed by atoms with van der Waals surface area (Å²) < 4.78 is 0. The number of hydrogen-bond donors (Lipinski definition) is 0. The van der Waals surface area contributed by atoms with Crippen molar-refractivity contribution < 1.29 is 0 Å². The van der Waals surface area contributed by atoms with Crippen LogP contribution in [0.3, 0.4) is 0 Å². The average molecular weight is 121 g/mol. The van der Waals surface area contributed by atoms with Gasteiger partial charge in [-0.3, -0.25) is 0 Å². The van der Waals surface area contributed by atoms with Gasteiger partial charge in [0.05, 0.1) is 0 Å². The normalized spacial score (nSPS) is 20.0. The lowest BCUT2D eigenvalue weighted by Crippen LogP contribution is -1.94. The van der Waals surface area contributed by atoms with Crippen LogP contribution in [0.25, 0.3) is 0 Å². The fourth-order valence-corrected chi connectivity index (χ4v) is 1.00. The zero-order valence-corrected chi connectivity index (χ0v) is 6.15. The van der Waals surface area contributed by atoms with Gasteiger partial charge in [0, 0.05) is 0 Å². The Kier molecular flexibility index (Phi) is 2.10. The fourth-order valence-electron chi connectivity index (χ4n) is 1.00. The maximum absolute atomic E-state index is 3.24. The Balaban J connectivity index is 2.45. The molecule has 0 saturated carbocycles. The van der Waals surface area contributed by atoms with E-state index in [1.165, 1.54) is 12.0 Å². The quantitative estimate of drug-likeness (QED) is 0.527. The molecule has 1 radical (unpaired) electrons. The molecule has 0 saturated heterocycles. The summed E-state index contributed by atoms with van der Waals surface area (Å²) in [6.45, 7) is 4.48. The largest absolute Gasteiger partial charge is 0.0798 e. The van der Waals surface area contributed by atoms with Gasteiger partial charge in [0.25, 0.3) is 0 Å². The highest BCUT2D eigenvalue weighted by molar-refractivity contribution is 5.19. The van der Waals surface area contributed by atoms with Gasteiger partial charge in [-0.25, -0.2) is 0 Å². The van der Waals surface area contributed by atoms with Crippen molar-refractivity contribution in [3.8, 4) is 0 Å². The van der Waals surface area contributed by atoms with Crippen LogP contribution in [0.5, 0.6) is 0 Å². The molecule has 0 heterocycles. The van der Waals surface area contributed by atoms with Gasteiger partial charge in [0.15, 0.2) is 0 Å². The first-order chi connectivity index (χ1) is 4.34. The lowest BCUT2D eigenvalue weighted by molar-refractivity contribution is 0.643. The number of hydrogen-bond acceptors (Lipinski definition) is 0. The first kappa shape index (κ1) is 6.60. The molecule has 0 fully saturated rings. The van der Waals surface area contributed by atoms with Gasteiger partial charge in [-0.15, -0.1) is 0 Å². The standard InChI is InChI=1S/C9H13/c1-3-8(2)9-6-4-5-7-9/h4-5,8H,3,6H2,1-2H3. The predicted molar refractivity (Wildman–Crippen MR) is 40.0 cm³/mol. The molecule has 1 rings (SSSR count). The van der Waals surface area contributed by atoms with E-state index in [2.05, 4.69) is 26.0 Å². The summed E-state index contributed by atoms with van der Waals surface area (Å²) in [5.41, 5.74) is 1.47. The summed E-state index contributed by atoms with van der Waals surface area (Å²) in [5.74, 6) is 0.736. The topological polar surface area (TPSA) is 0 Å². The summed E-state index contributed by atoms with van der Waals surface area (Å²) >= 11 is 0. The van der Waals surface area contributed by atoms with E-state index in [0.717, 1.165) is 12.3 Å². The second-order valence-electron chi connectivity index (χ2n) is 2.59. The van der Waals surface area contributed by atoms with E-state index in [0.29, 0.717) is 0 Å². The van der Waals surface area contributed by atoms with Gasteiger partial charge < -0.3 is 0 Å². The van der Waals surface area contributed by atoms with Gasteiger partial charge in [0.1, 0.15) is 0 Å². The molecule has 49 valence electrons. The highest BCUT2D eigenvalue weighted by Crippen LogP contribution is 2.21. The van der Waals surface area contributed by atoms with E-state index in [1.807, 2.05) is 6.08 Å². The van der Waals surface area contributed by atoms with E-state index in [9.17, 15) is 0 Å². The van der Waals surface area contributed by atoms with Crippen LogP contribution in [0, 0.1) is 12.0 Å². The van der Waals surface area contributed by atoms with Gasteiger partial charge in [0.2, 0.25) is 0 Å². The molecule has 0 heteroatoms. The van der Waals surface area contributed by atoms with E-state index in [-0.39, 0.29) is 0 Å². The SMILES string of the molecule is CCC(C)C1=[C]C=CC1. The molecule has 0 aromatic rings. The fraction of sp³-hybridized carbons (Fsp3) is 0.556. The minimum Gasteiger partial charge on any atom is -0.0798 e. The third-order valence-electron chi connectivity index (χ3n) is 1.93. The van der Waals surface area contributed by atoms with Gasteiger partial charge >= 0.3 is 0 Å². The molecular formula is C9H13. The van der Waals surface area contributed by atoms with Crippen molar-refractivity contribution in [2.45, 2.75) is 26.7 Å². The Morgan fingerprint density at radius 2 is 2.56 bits per heavy atom. The Morgan fingerprint density at radius 1 is 1.78 bits per heavy atom. The van der Waals surface area contributed by atoms with Crippen LogP contribution in [0.1, 0.15) is 26.7 Å². The van der Waals surface area contributed by atoms with Crippen molar-refractivity contribution >= 4 is 0 Å². The van der Waals surface area contributed by atoms with Crippen LogP contribution in [0.4, 0.5) is 0 Å². The highest BCUT2D eigenvalue weighted by atomic mass is 14.1. The maximum atomic E-state index is 3.24. The van der Waals surface area contributed by atoms with Crippen LogP contribution < -0.4 is 0 Å². The first-order valence-electron chi connectivity index (χ1n) is 3.62. The van der Waals surface area contributed by atoms with Crippen molar-refractivity contribution in [1.29, 1.82) is 0 Å². The second-order valence-corrected chi connectivity index (χ2v) is 2.59. The molecule has 1 unspecified atom stereocenters. The van der Waals surface area contributed by atoms with Gasteiger partial charge in [-0.05, 0) is 24.8 Å². The van der Waals surface area contributed by atoms with Crippen LogP contribution >= 0.6 is 0 Å². The molecule has 1 aliphatic carbocycles. The van der Waals surface area contributed by atoms with Crippen LogP contribution in [0.2, 0.25) is 0 Å². The molecule has 0 bridgehead atoms. The van der Waals surface area contributed by atoms with Crippen LogP contribution in [-0.4, -0.2) is 0 Å².